The van der Waals surface area contributed by atoms with Crippen molar-refractivity contribution in [2.75, 3.05) is 5.88 Å². The Balaban J connectivity index is 3.06. The van der Waals surface area contributed by atoms with Crippen LogP contribution in [0.15, 0.2) is 24.3 Å². The van der Waals surface area contributed by atoms with Crippen LogP contribution in [0.1, 0.15) is 24.5 Å². The van der Waals surface area contributed by atoms with Gasteiger partial charge in [0.05, 0.1) is 5.88 Å². The molecule has 1 N–H and O–H groups in total. The lowest BCUT2D eigenvalue weighted by Gasteiger charge is -2.29. The van der Waals surface area contributed by atoms with Crippen LogP contribution < -0.4 is 0 Å². The van der Waals surface area contributed by atoms with Gasteiger partial charge < -0.3 is 5.11 Å². The minimum atomic E-state index is -1.54. The molecule has 0 radical (unpaired) electrons. The molecular weight excluding hydrogens is 302 g/mol. The Morgan fingerprint density at radius 2 is 1.88 bits per heavy atom. The highest BCUT2D eigenvalue weighted by Gasteiger charge is 2.37. The summed E-state index contributed by atoms with van der Waals surface area (Å²) < 4.78 is -1.54. The van der Waals surface area contributed by atoms with E-state index >= 15 is 0 Å². The predicted octanol–water partition coefficient (Wildman–Crippen LogP) is 4.44. The third kappa shape index (κ3) is 4.50. The number of hydrogen-bond donors (Lipinski definition) is 1. The number of benzene rings is 1. The maximum atomic E-state index is 10.5. The summed E-state index contributed by atoms with van der Waals surface area (Å²) >= 11 is 23.0. The second kappa shape index (κ2) is 5.99. The minimum absolute atomic E-state index is 0.0198. The van der Waals surface area contributed by atoms with Gasteiger partial charge in [0.15, 0.2) is 3.79 Å². The van der Waals surface area contributed by atoms with Gasteiger partial charge in [-0.05, 0) is 17.5 Å². The zero-order chi connectivity index (χ0) is 13.1. The van der Waals surface area contributed by atoms with E-state index in [1.165, 1.54) is 0 Å². The van der Waals surface area contributed by atoms with Crippen molar-refractivity contribution < 1.29 is 5.11 Å². The summed E-state index contributed by atoms with van der Waals surface area (Å²) in [4.78, 5) is 0. The van der Waals surface area contributed by atoms with E-state index < -0.39 is 9.39 Å². The lowest BCUT2D eigenvalue weighted by molar-refractivity contribution is 0.0528. The molecule has 96 valence electrons. The smallest absolute Gasteiger partial charge is 0.193 e. The second-order valence-electron chi connectivity index (χ2n) is 4.01. The van der Waals surface area contributed by atoms with Crippen molar-refractivity contribution in [1.29, 1.82) is 0 Å². The van der Waals surface area contributed by atoms with Gasteiger partial charge in [-0.25, -0.2) is 0 Å². The van der Waals surface area contributed by atoms with Crippen LogP contribution in [0.2, 0.25) is 0 Å². The van der Waals surface area contributed by atoms with Gasteiger partial charge in [0.2, 0.25) is 0 Å². The fourth-order valence-electron chi connectivity index (χ4n) is 1.64. The second-order valence-corrected chi connectivity index (χ2v) is 6.79. The summed E-state index contributed by atoms with van der Waals surface area (Å²) in [6.45, 7) is 2.04. The monoisotopic (exact) mass is 314 g/mol. The Kier molecular flexibility index (Phi) is 5.42. The van der Waals surface area contributed by atoms with Crippen LogP contribution in [-0.4, -0.2) is 14.8 Å². The average Bonchev–Trinajstić information content (AvgIpc) is 2.27. The molecule has 0 spiro atoms. The summed E-state index contributed by atoms with van der Waals surface area (Å²) in [5.74, 6) is -0.0198. The summed E-state index contributed by atoms with van der Waals surface area (Å²) in [6.07, 6.45) is 0.835. The van der Waals surface area contributed by atoms with Crippen LogP contribution in [-0.2, 0) is 12.0 Å². The standard InChI is InChI=1S/C12H14Cl4O/c1-2-9-4-3-5-10(6-9)11(17,8-13)7-12(14,15)16/h3-6,17H,2,7-8H2,1H3. The van der Waals surface area contributed by atoms with Crippen molar-refractivity contribution in [3.8, 4) is 0 Å². The van der Waals surface area contributed by atoms with E-state index in [1.54, 1.807) is 6.07 Å². The molecule has 0 aliphatic carbocycles. The summed E-state index contributed by atoms with van der Waals surface area (Å²) in [5.41, 5.74) is 0.464. The highest BCUT2D eigenvalue weighted by molar-refractivity contribution is 6.67. The first-order chi connectivity index (χ1) is 7.80. The lowest BCUT2D eigenvalue weighted by Crippen LogP contribution is -2.33. The summed E-state index contributed by atoms with van der Waals surface area (Å²) in [6, 6.07) is 7.52. The van der Waals surface area contributed by atoms with E-state index in [-0.39, 0.29) is 12.3 Å². The van der Waals surface area contributed by atoms with Gasteiger partial charge in [0.25, 0.3) is 0 Å². The normalized spacial score (nSPS) is 15.6. The highest BCUT2D eigenvalue weighted by atomic mass is 35.6. The SMILES string of the molecule is CCc1cccc(C(O)(CCl)CC(Cl)(Cl)Cl)c1. The Morgan fingerprint density at radius 3 is 2.35 bits per heavy atom. The topological polar surface area (TPSA) is 20.2 Å². The molecule has 5 heteroatoms. The summed E-state index contributed by atoms with van der Waals surface area (Å²) in [5, 5.41) is 10.5. The van der Waals surface area contributed by atoms with Crippen LogP contribution in [0.4, 0.5) is 0 Å². The molecule has 1 aromatic rings. The van der Waals surface area contributed by atoms with Gasteiger partial charge in [0.1, 0.15) is 5.60 Å². The van der Waals surface area contributed by atoms with E-state index in [1.807, 2.05) is 25.1 Å². The molecule has 1 unspecified atom stereocenters. The summed E-state index contributed by atoms with van der Waals surface area (Å²) in [7, 11) is 0. The Bertz CT molecular complexity index is 375. The van der Waals surface area contributed by atoms with Gasteiger partial charge >= 0.3 is 0 Å². The first-order valence-electron chi connectivity index (χ1n) is 5.25. The largest absolute Gasteiger partial charge is 0.384 e. The van der Waals surface area contributed by atoms with Crippen molar-refractivity contribution in [2.24, 2.45) is 0 Å². The van der Waals surface area contributed by atoms with Gasteiger partial charge in [-0.3, -0.25) is 0 Å². The zero-order valence-electron chi connectivity index (χ0n) is 9.39. The molecule has 1 atom stereocenters. The van der Waals surface area contributed by atoms with E-state index in [0.29, 0.717) is 5.56 Å². The van der Waals surface area contributed by atoms with Crippen molar-refractivity contribution >= 4 is 46.4 Å². The van der Waals surface area contributed by atoms with Crippen LogP contribution in [0.3, 0.4) is 0 Å². The number of aryl methyl sites for hydroxylation is 1. The molecular formula is C12H14Cl4O. The molecule has 0 aliphatic heterocycles. The van der Waals surface area contributed by atoms with Crippen LogP contribution in [0.25, 0.3) is 0 Å². The van der Waals surface area contributed by atoms with Gasteiger partial charge in [-0.1, -0.05) is 66.0 Å². The maximum absolute atomic E-state index is 10.5. The first kappa shape index (κ1) is 15.4. The zero-order valence-corrected chi connectivity index (χ0v) is 12.4. The molecule has 1 nitrogen and oxygen atoms in total. The van der Waals surface area contributed by atoms with E-state index in [2.05, 4.69) is 0 Å². The minimum Gasteiger partial charge on any atom is -0.384 e. The van der Waals surface area contributed by atoms with Crippen LogP contribution >= 0.6 is 46.4 Å². The number of halogens is 4. The Labute approximate surface area is 122 Å². The average molecular weight is 316 g/mol. The number of alkyl halides is 4. The molecule has 0 fully saturated rings. The quantitative estimate of drug-likeness (QED) is 0.815. The van der Waals surface area contributed by atoms with Gasteiger partial charge in [-0.15, -0.1) is 11.6 Å². The maximum Gasteiger partial charge on any atom is 0.193 e. The molecule has 1 aromatic carbocycles. The van der Waals surface area contributed by atoms with E-state index in [9.17, 15) is 5.11 Å². The van der Waals surface area contributed by atoms with Crippen molar-refractivity contribution in [3.05, 3.63) is 35.4 Å². The van der Waals surface area contributed by atoms with Crippen molar-refractivity contribution in [3.63, 3.8) is 0 Å². The Hall–Kier alpha value is 0.340. The third-order valence-corrected chi connectivity index (χ3v) is 3.43. The third-order valence-electron chi connectivity index (χ3n) is 2.59. The molecule has 0 heterocycles. The molecule has 0 aromatic heterocycles. The Morgan fingerprint density at radius 1 is 1.24 bits per heavy atom. The fraction of sp³-hybridized carbons (Fsp3) is 0.500. The van der Waals surface area contributed by atoms with Crippen LogP contribution in [0, 0.1) is 0 Å². The first-order valence-corrected chi connectivity index (χ1v) is 6.92. The predicted molar refractivity (Wildman–Crippen MR) is 75.3 cm³/mol. The van der Waals surface area contributed by atoms with Crippen LogP contribution in [0.5, 0.6) is 0 Å². The van der Waals surface area contributed by atoms with Gasteiger partial charge in [0, 0.05) is 6.42 Å². The number of hydrogen-bond acceptors (Lipinski definition) is 1. The molecule has 1 rings (SSSR count). The molecule has 17 heavy (non-hydrogen) atoms. The van der Waals surface area contributed by atoms with E-state index in [0.717, 1.165) is 12.0 Å². The molecule has 0 aliphatic rings. The van der Waals surface area contributed by atoms with Crippen molar-refractivity contribution in [2.45, 2.75) is 29.2 Å². The molecule has 0 saturated carbocycles. The van der Waals surface area contributed by atoms with Gasteiger partial charge in [-0.2, -0.15) is 0 Å². The number of rotatable bonds is 4. The molecule has 0 bridgehead atoms. The van der Waals surface area contributed by atoms with E-state index in [4.69, 9.17) is 46.4 Å². The molecule has 0 saturated heterocycles. The number of aliphatic hydroxyl groups is 1. The highest BCUT2D eigenvalue weighted by Crippen LogP contribution is 2.40. The molecule has 0 amide bonds. The fourth-order valence-corrected chi connectivity index (χ4v) is 2.55. The van der Waals surface area contributed by atoms with Crippen molar-refractivity contribution in [1.82, 2.24) is 0 Å². The lowest BCUT2D eigenvalue weighted by atomic mass is 9.91.